The molecule has 1 rings (SSSR count). The number of nitrogens with one attached hydrogen (secondary N) is 1. The number of nitrogens with zero attached hydrogens (tertiary/aromatic N) is 1. The lowest BCUT2D eigenvalue weighted by molar-refractivity contribution is 0.240. The Hall–Kier alpha value is -0.0800. The average Bonchev–Trinajstić information content (AvgIpc) is 2.92. The maximum absolute atomic E-state index is 3.64. The highest BCUT2D eigenvalue weighted by Gasteiger charge is 2.17. The van der Waals surface area contributed by atoms with Crippen molar-refractivity contribution in [3.8, 4) is 0 Å². The second kappa shape index (κ2) is 11.7. The lowest BCUT2D eigenvalue weighted by atomic mass is 10.1. The van der Waals surface area contributed by atoms with E-state index in [0.717, 1.165) is 6.04 Å². The minimum absolute atomic E-state index is 0.775. The van der Waals surface area contributed by atoms with Crippen LogP contribution in [0.3, 0.4) is 0 Å². The van der Waals surface area contributed by atoms with Crippen LogP contribution >= 0.6 is 0 Å². The van der Waals surface area contributed by atoms with Crippen LogP contribution in [-0.4, -0.2) is 37.1 Å². The number of rotatable bonds is 12. The number of hydrogen-bond donors (Lipinski definition) is 1. The summed E-state index contributed by atoms with van der Waals surface area (Å²) in [6, 6.07) is 0.775. The second-order valence-corrected chi connectivity index (χ2v) is 6.22. The highest BCUT2D eigenvalue weighted by atomic mass is 15.1. The van der Waals surface area contributed by atoms with Crippen LogP contribution in [-0.2, 0) is 0 Å². The Morgan fingerprint density at radius 2 is 1.58 bits per heavy atom. The van der Waals surface area contributed by atoms with Gasteiger partial charge in [0.2, 0.25) is 0 Å². The monoisotopic (exact) mass is 268 g/mol. The van der Waals surface area contributed by atoms with Crippen molar-refractivity contribution >= 4 is 0 Å². The van der Waals surface area contributed by atoms with Crippen LogP contribution in [0.4, 0.5) is 0 Å². The number of unbranched alkanes of at least 4 members (excludes halogenated alkanes) is 6. The van der Waals surface area contributed by atoms with Crippen LogP contribution in [0.1, 0.15) is 78.1 Å². The maximum Gasteiger partial charge on any atom is 0.0195 e. The van der Waals surface area contributed by atoms with Gasteiger partial charge in [-0.05, 0) is 45.3 Å². The molecule has 114 valence electrons. The Bertz CT molecular complexity index is 188. The van der Waals surface area contributed by atoms with Gasteiger partial charge in [0, 0.05) is 12.6 Å². The molecule has 0 aromatic heterocycles. The van der Waals surface area contributed by atoms with Gasteiger partial charge in [0.15, 0.2) is 0 Å². The largest absolute Gasteiger partial charge is 0.313 e. The first-order valence-corrected chi connectivity index (χ1v) is 8.82. The van der Waals surface area contributed by atoms with E-state index < -0.39 is 0 Å². The third kappa shape index (κ3) is 8.65. The topological polar surface area (TPSA) is 15.3 Å². The summed E-state index contributed by atoms with van der Waals surface area (Å²) in [6.45, 7) is 9.75. The molecule has 0 bridgehead atoms. The van der Waals surface area contributed by atoms with Crippen molar-refractivity contribution in [2.75, 3.05) is 26.2 Å². The minimum Gasteiger partial charge on any atom is -0.313 e. The fraction of sp³-hybridized carbons (Fsp3) is 1.00. The van der Waals surface area contributed by atoms with E-state index in [-0.39, 0.29) is 0 Å². The molecule has 1 aliphatic rings. The van der Waals surface area contributed by atoms with E-state index in [4.69, 9.17) is 0 Å². The molecule has 1 saturated heterocycles. The average molecular weight is 268 g/mol. The maximum atomic E-state index is 3.64. The Balaban J connectivity index is 2.09. The van der Waals surface area contributed by atoms with E-state index in [1.165, 1.54) is 90.4 Å². The zero-order chi connectivity index (χ0) is 13.8. The predicted molar refractivity (Wildman–Crippen MR) is 85.7 cm³/mol. The summed E-state index contributed by atoms with van der Waals surface area (Å²) in [6.07, 6.45) is 13.9. The highest BCUT2D eigenvalue weighted by Crippen LogP contribution is 2.10. The lowest BCUT2D eigenvalue weighted by Crippen LogP contribution is -2.38. The minimum atomic E-state index is 0.775. The SMILES string of the molecule is CCCCCCCCN(CCCC)CC1CCCN1. The zero-order valence-electron chi connectivity index (χ0n) is 13.4. The lowest BCUT2D eigenvalue weighted by Gasteiger charge is -2.25. The van der Waals surface area contributed by atoms with E-state index in [0.29, 0.717) is 0 Å². The van der Waals surface area contributed by atoms with Crippen LogP contribution in [0, 0.1) is 0 Å². The van der Waals surface area contributed by atoms with Crippen molar-refractivity contribution in [1.82, 2.24) is 10.2 Å². The van der Waals surface area contributed by atoms with Gasteiger partial charge in [-0.2, -0.15) is 0 Å². The summed E-state index contributed by atoms with van der Waals surface area (Å²) >= 11 is 0. The third-order valence-electron chi connectivity index (χ3n) is 4.30. The molecule has 2 heteroatoms. The smallest absolute Gasteiger partial charge is 0.0195 e. The van der Waals surface area contributed by atoms with Crippen molar-refractivity contribution in [1.29, 1.82) is 0 Å². The first-order valence-electron chi connectivity index (χ1n) is 8.82. The Kier molecular flexibility index (Phi) is 10.5. The quantitative estimate of drug-likeness (QED) is 0.534. The van der Waals surface area contributed by atoms with Gasteiger partial charge in [0.05, 0.1) is 0 Å². The molecule has 1 atom stereocenters. The van der Waals surface area contributed by atoms with E-state index in [1.807, 2.05) is 0 Å². The van der Waals surface area contributed by atoms with Gasteiger partial charge in [0.1, 0.15) is 0 Å². The van der Waals surface area contributed by atoms with Crippen molar-refractivity contribution in [3.05, 3.63) is 0 Å². The Morgan fingerprint density at radius 1 is 0.895 bits per heavy atom. The normalized spacial score (nSPS) is 19.4. The van der Waals surface area contributed by atoms with Gasteiger partial charge in [-0.3, -0.25) is 0 Å². The fourth-order valence-electron chi connectivity index (χ4n) is 3.02. The summed E-state index contributed by atoms with van der Waals surface area (Å²) in [5, 5.41) is 3.64. The fourth-order valence-corrected chi connectivity index (χ4v) is 3.02. The van der Waals surface area contributed by atoms with E-state index in [9.17, 15) is 0 Å². The van der Waals surface area contributed by atoms with Gasteiger partial charge >= 0.3 is 0 Å². The van der Waals surface area contributed by atoms with Crippen molar-refractivity contribution in [2.24, 2.45) is 0 Å². The number of hydrogen-bond acceptors (Lipinski definition) is 2. The second-order valence-electron chi connectivity index (χ2n) is 6.22. The first kappa shape index (κ1) is 17.0. The third-order valence-corrected chi connectivity index (χ3v) is 4.30. The molecule has 0 amide bonds. The molecule has 0 saturated carbocycles. The molecule has 1 unspecified atom stereocenters. The Labute approximate surface area is 121 Å². The predicted octanol–water partition coefficient (Wildman–Crippen LogP) is 4.20. The summed E-state index contributed by atoms with van der Waals surface area (Å²) in [5.41, 5.74) is 0. The van der Waals surface area contributed by atoms with Gasteiger partial charge in [0.25, 0.3) is 0 Å². The van der Waals surface area contributed by atoms with Gasteiger partial charge < -0.3 is 10.2 Å². The summed E-state index contributed by atoms with van der Waals surface area (Å²) in [5.74, 6) is 0. The van der Waals surface area contributed by atoms with Crippen molar-refractivity contribution < 1.29 is 0 Å². The summed E-state index contributed by atoms with van der Waals surface area (Å²) in [4.78, 5) is 2.71. The van der Waals surface area contributed by atoms with Crippen LogP contribution in [0.15, 0.2) is 0 Å². The molecular formula is C17H36N2. The molecule has 1 fully saturated rings. The molecular weight excluding hydrogens is 232 g/mol. The van der Waals surface area contributed by atoms with E-state index in [1.54, 1.807) is 0 Å². The molecule has 2 nitrogen and oxygen atoms in total. The molecule has 0 aliphatic carbocycles. The van der Waals surface area contributed by atoms with Crippen molar-refractivity contribution in [3.63, 3.8) is 0 Å². The molecule has 1 N–H and O–H groups in total. The molecule has 1 heterocycles. The molecule has 0 aromatic carbocycles. The van der Waals surface area contributed by atoms with Crippen LogP contribution in [0.2, 0.25) is 0 Å². The standard InChI is InChI=1S/C17H36N2/c1-3-5-7-8-9-10-15-19(14-6-4-2)16-17-12-11-13-18-17/h17-18H,3-16H2,1-2H3. The van der Waals surface area contributed by atoms with Gasteiger partial charge in [-0.15, -0.1) is 0 Å². The summed E-state index contributed by atoms with van der Waals surface area (Å²) < 4.78 is 0. The van der Waals surface area contributed by atoms with Gasteiger partial charge in [-0.1, -0.05) is 52.4 Å². The van der Waals surface area contributed by atoms with Crippen LogP contribution < -0.4 is 5.32 Å². The van der Waals surface area contributed by atoms with Crippen LogP contribution in [0.25, 0.3) is 0 Å². The molecule has 0 radical (unpaired) electrons. The van der Waals surface area contributed by atoms with Crippen molar-refractivity contribution in [2.45, 2.75) is 84.1 Å². The van der Waals surface area contributed by atoms with E-state index in [2.05, 4.69) is 24.1 Å². The molecule has 1 aliphatic heterocycles. The molecule has 0 spiro atoms. The van der Waals surface area contributed by atoms with Gasteiger partial charge in [-0.25, -0.2) is 0 Å². The van der Waals surface area contributed by atoms with Crippen LogP contribution in [0.5, 0.6) is 0 Å². The first-order chi connectivity index (χ1) is 9.36. The highest BCUT2D eigenvalue weighted by molar-refractivity contribution is 4.77. The molecule has 19 heavy (non-hydrogen) atoms. The Morgan fingerprint density at radius 3 is 2.26 bits per heavy atom. The van der Waals surface area contributed by atoms with E-state index >= 15 is 0 Å². The summed E-state index contributed by atoms with van der Waals surface area (Å²) in [7, 11) is 0. The molecule has 0 aromatic rings. The zero-order valence-corrected chi connectivity index (χ0v) is 13.4.